The number of halogens is 1. The molecule has 2 aromatic heterocycles. The summed E-state index contributed by atoms with van der Waals surface area (Å²) in [7, 11) is 2.88. The molecule has 0 atom stereocenters. The van der Waals surface area contributed by atoms with E-state index in [1.807, 2.05) is 0 Å². The molecule has 11 heteroatoms. The maximum absolute atomic E-state index is 13.7. The van der Waals surface area contributed by atoms with Crippen LogP contribution in [0, 0.1) is 5.82 Å². The normalized spacial score (nSPS) is 14.5. The number of hydrogen-bond acceptors (Lipinski definition) is 9. The molecule has 1 fully saturated rings. The first-order valence-electron chi connectivity index (χ1n) is 10.2. The maximum Gasteiger partial charge on any atom is 0.320 e. The summed E-state index contributed by atoms with van der Waals surface area (Å²) in [6, 6.07) is 5.89. The van der Waals surface area contributed by atoms with Crippen molar-refractivity contribution in [3.63, 3.8) is 0 Å². The molecular formula is C21H24FN5O4S. The summed E-state index contributed by atoms with van der Waals surface area (Å²) in [6.07, 6.45) is 0.732. The molecule has 3 aromatic rings. The van der Waals surface area contributed by atoms with Gasteiger partial charge in [0.25, 0.3) is 5.91 Å². The zero-order chi connectivity index (χ0) is 22.5. The van der Waals surface area contributed by atoms with Gasteiger partial charge in [-0.1, -0.05) is 11.3 Å². The molecule has 0 saturated carbocycles. The number of benzene rings is 1. The van der Waals surface area contributed by atoms with Crippen molar-refractivity contribution in [3.8, 4) is 11.9 Å². The second-order valence-electron chi connectivity index (χ2n) is 7.16. The fraction of sp³-hybridized carbons (Fsp3) is 0.429. The summed E-state index contributed by atoms with van der Waals surface area (Å²) in [5, 5.41) is 0.481. The number of thiazole rings is 1. The van der Waals surface area contributed by atoms with E-state index in [4.69, 9.17) is 14.2 Å². The first-order valence-corrected chi connectivity index (χ1v) is 11.0. The van der Waals surface area contributed by atoms with E-state index in [9.17, 15) is 9.18 Å². The lowest BCUT2D eigenvalue weighted by Crippen LogP contribution is -2.39. The molecule has 1 amide bonds. The number of morpholine rings is 1. The standard InChI is InChI=1S/C21H24FN5O4S/c1-29-18-13-16(23-20(25-18)30-2)19(28)27(7-3-6-26-8-10-31-11-9-26)21-24-15-5-4-14(22)12-17(15)32-21/h4-5,12-13H,3,6-11H2,1-2H3. The zero-order valence-corrected chi connectivity index (χ0v) is 18.7. The van der Waals surface area contributed by atoms with Gasteiger partial charge in [-0.3, -0.25) is 14.6 Å². The minimum absolute atomic E-state index is 0.0346. The van der Waals surface area contributed by atoms with Crippen molar-refractivity contribution in [2.75, 3.05) is 58.5 Å². The van der Waals surface area contributed by atoms with Crippen molar-refractivity contribution >= 4 is 32.6 Å². The third-order valence-corrected chi connectivity index (χ3v) is 6.11. The van der Waals surface area contributed by atoms with Crippen LogP contribution in [0.5, 0.6) is 11.9 Å². The fourth-order valence-corrected chi connectivity index (χ4v) is 4.43. The van der Waals surface area contributed by atoms with Gasteiger partial charge in [-0.15, -0.1) is 0 Å². The molecule has 1 aliphatic heterocycles. The van der Waals surface area contributed by atoms with Crippen LogP contribution < -0.4 is 14.4 Å². The minimum Gasteiger partial charge on any atom is -0.481 e. The lowest BCUT2D eigenvalue weighted by Gasteiger charge is -2.27. The Hall–Kier alpha value is -2.89. The number of anilines is 1. The van der Waals surface area contributed by atoms with Gasteiger partial charge in [0.1, 0.15) is 11.5 Å². The van der Waals surface area contributed by atoms with Gasteiger partial charge in [0.15, 0.2) is 5.13 Å². The molecule has 0 unspecified atom stereocenters. The Morgan fingerprint density at radius 3 is 2.75 bits per heavy atom. The monoisotopic (exact) mass is 461 g/mol. The van der Waals surface area contributed by atoms with Gasteiger partial charge in [0.05, 0.1) is 37.6 Å². The van der Waals surface area contributed by atoms with Crippen LogP contribution in [-0.2, 0) is 4.74 Å². The third kappa shape index (κ3) is 5.12. The van der Waals surface area contributed by atoms with Crippen LogP contribution >= 0.6 is 11.3 Å². The number of amides is 1. The van der Waals surface area contributed by atoms with E-state index in [2.05, 4.69) is 19.9 Å². The highest BCUT2D eigenvalue weighted by molar-refractivity contribution is 7.22. The van der Waals surface area contributed by atoms with E-state index in [0.717, 1.165) is 26.1 Å². The quantitative estimate of drug-likeness (QED) is 0.506. The van der Waals surface area contributed by atoms with Crippen LogP contribution in [0.25, 0.3) is 10.2 Å². The van der Waals surface area contributed by atoms with Crippen LogP contribution in [0.4, 0.5) is 9.52 Å². The summed E-state index contributed by atoms with van der Waals surface area (Å²) in [6.45, 7) is 4.42. The molecule has 170 valence electrons. The number of hydrogen-bond donors (Lipinski definition) is 0. The highest BCUT2D eigenvalue weighted by atomic mass is 32.1. The Morgan fingerprint density at radius 1 is 1.19 bits per heavy atom. The summed E-state index contributed by atoms with van der Waals surface area (Å²) in [5.41, 5.74) is 0.765. The predicted molar refractivity (Wildman–Crippen MR) is 118 cm³/mol. The average molecular weight is 462 g/mol. The number of nitrogens with zero attached hydrogens (tertiary/aromatic N) is 5. The van der Waals surface area contributed by atoms with E-state index in [1.54, 1.807) is 11.0 Å². The van der Waals surface area contributed by atoms with Crippen molar-refractivity contribution in [2.45, 2.75) is 6.42 Å². The van der Waals surface area contributed by atoms with Gasteiger partial charge < -0.3 is 14.2 Å². The third-order valence-electron chi connectivity index (χ3n) is 5.07. The number of methoxy groups -OCH3 is 2. The lowest BCUT2D eigenvalue weighted by molar-refractivity contribution is 0.0376. The molecule has 1 aliphatic rings. The van der Waals surface area contributed by atoms with E-state index in [-0.39, 0.29) is 29.3 Å². The molecular weight excluding hydrogens is 437 g/mol. The molecule has 4 rings (SSSR count). The summed E-state index contributed by atoms with van der Waals surface area (Å²) >= 11 is 1.26. The summed E-state index contributed by atoms with van der Waals surface area (Å²) in [5.74, 6) is -0.478. The number of ether oxygens (including phenoxy) is 3. The number of fused-ring (bicyclic) bond motifs is 1. The zero-order valence-electron chi connectivity index (χ0n) is 17.9. The van der Waals surface area contributed by atoms with Crippen molar-refractivity contribution in [1.82, 2.24) is 19.9 Å². The van der Waals surface area contributed by atoms with Crippen LogP contribution in [0.1, 0.15) is 16.9 Å². The van der Waals surface area contributed by atoms with Crippen LogP contribution in [-0.4, -0.2) is 79.4 Å². The molecule has 0 radical (unpaired) electrons. The molecule has 32 heavy (non-hydrogen) atoms. The van der Waals surface area contributed by atoms with Gasteiger partial charge >= 0.3 is 6.01 Å². The lowest BCUT2D eigenvalue weighted by atomic mass is 10.3. The molecule has 1 saturated heterocycles. The Morgan fingerprint density at radius 2 is 2.00 bits per heavy atom. The second-order valence-corrected chi connectivity index (χ2v) is 8.16. The largest absolute Gasteiger partial charge is 0.481 e. The van der Waals surface area contributed by atoms with Crippen LogP contribution in [0.3, 0.4) is 0 Å². The van der Waals surface area contributed by atoms with Crippen LogP contribution in [0.2, 0.25) is 0 Å². The number of rotatable bonds is 8. The smallest absolute Gasteiger partial charge is 0.320 e. The Kier molecular flexibility index (Phi) is 7.08. The first kappa shape index (κ1) is 22.3. The van der Waals surface area contributed by atoms with Crippen molar-refractivity contribution in [1.29, 1.82) is 0 Å². The number of carbonyl (C=O) groups is 1. The van der Waals surface area contributed by atoms with Crippen molar-refractivity contribution < 1.29 is 23.4 Å². The van der Waals surface area contributed by atoms with Crippen molar-refractivity contribution in [2.24, 2.45) is 0 Å². The van der Waals surface area contributed by atoms with Crippen molar-refractivity contribution in [3.05, 3.63) is 35.8 Å². The predicted octanol–water partition coefficient (Wildman–Crippen LogP) is 2.61. The molecule has 1 aromatic carbocycles. The van der Waals surface area contributed by atoms with Crippen LogP contribution in [0.15, 0.2) is 24.3 Å². The Balaban J connectivity index is 1.62. The maximum atomic E-state index is 13.7. The summed E-state index contributed by atoms with van der Waals surface area (Å²) < 4.78 is 30.0. The van der Waals surface area contributed by atoms with E-state index < -0.39 is 0 Å². The topological polar surface area (TPSA) is 89.9 Å². The van der Waals surface area contributed by atoms with Gasteiger partial charge in [-0.2, -0.15) is 9.97 Å². The van der Waals surface area contributed by atoms with Gasteiger partial charge in [0, 0.05) is 32.2 Å². The van der Waals surface area contributed by atoms with Gasteiger partial charge in [0.2, 0.25) is 5.88 Å². The van der Waals surface area contributed by atoms with E-state index >= 15 is 0 Å². The average Bonchev–Trinajstić information content (AvgIpc) is 3.24. The molecule has 0 aliphatic carbocycles. The molecule has 0 spiro atoms. The van der Waals surface area contributed by atoms with Gasteiger partial charge in [-0.05, 0) is 24.6 Å². The molecule has 9 nitrogen and oxygen atoms in total. The minimum atomic E-state index is -0.356. The van der Waals surface area contributed by atoms with Gasteiger partial charge in [-0.25, -0.2) is 9.37 Å². The highest BCUT2D eigenvalue weighted by Crippen LogP contribution is 2.30. The second kappa shape index (κ2) is 10.2. The fourth-order valence-electron chi connectivity index (χ4n) is 3.41. The molecule has 0 N–H and O–H groups in total. The number of carbonyl (C=O) groups excluding carboxylic acids is 1. The Labute approximate surface area is 188 Å². The summed E-state index contributed by atoms with van der Waals surface area (Å²) in [4.78, 5) is 30.2. The highest BCUT2D eigenvalue weighted by Gasteiger charge is 2.24. The van der Waals surface area contributed by atoms with E-state index in [1.165, 1.54) is 43.8 Å². The molecule has 0 bridgehead atoms. The SMILES string of the molecule is COc1cc(C(=O)N(CCCN2CCOCC2)c2nc3ccc(F)cc3s2)nc(OC)n1. The first-order chi connectivity index (χ1) is 15.6. The number of aromatic nitrogens is 3. The molecule has 3 heterocycles. The Bertz CT molecular complexity index is 1070. The van der Waals surface area contributed by atoms with E-state index in [0.29, 0.717) is 35.1 Å².